The number of furan rings is 1. The second-order valence-corrected chi connectivity index (χ2v) is 5.37. The maximum absolute atomic E-state index is 12.4. The predicted molar refractivity (Wildman–Crippen MR) is 71.7 cm³/mol. The van der Waals surface area contributed by atoms with Gasteiger partial charge in [0.15, 0.2) is 4.67 Å². The van der Waals surface area contributed by atoms with Crippen molar-refractivity contribution in [3.05, 3.63) is 22.6 Å². The summed E-state index contributed by atoms with van der Waals surface area (Å²) in [5.41, 5.74) is 0.447. The van der Waals surface area contributed by atoms with Crippen LogP contribution in [-0.4, -0.2) is 36.5 Å². The molecule has 1 amide bonds. The first kappa shape index (κ1) is 14.1. The number of ether oxygens (including phenoxy) is 1. The fourth-order valence-corrected chi connectivity index (χ4v) is 2.71. The number of rotatable bonds is 4. The van der Waals surface area contributed by atoms with Crippen molar-refractivity contribution in [2.75, 3.05) is 13.7 Å². The highest BCUT2D eigenvalue weighted by Crippen LogP contribution is 2.26. The minimum absolute atomic E-state index is 0.0111. The number of methoxy groups -OCH3 is 1. The fourth-order valence-electron chi connectivity index (χ4n) is 2.37. The summed E-state index contributed by atoms with van der Waals surface area (Å²) in [6.07, 6.45) is 5.44. The van der Waals surface area contributed by atoms with E-state index in [2.05, 4.69) is 20.7 Å². The van der Waals surface area contributed by atoms with E-state index in [1.165, 1.54) is 13.4 Å². The molecule has 1 fully saturated rings. The molecule has 0 aliphatic heterocycles. The van der Waals surface area contributed by atoms with E-state index in [1.807, 2.05) is 0 Å². The zero-order valence-corrected chi connectivity index (χ0v) is 12.3. The molecule has 0 saturated heterocycles. The Kier molecular flexibility index (Phi) is 4.63. The maximum Gasteiger partial charge on any atom is 0.325 e. The molecule has 0 unspecified atom stereocenters. The smallest absolute Gasteiger partial charge is 0.325 e. The first-order valence-corrected chi connectivity index (χ1v) is 7.03. The van der Waals surface area contributed by atoms with Gasteiger partial charge in [-0.3, -0.25) is 9.59 Å². The van der Waals surface area contributed by atoms with Gasteiger partial charge in [-0.25, -0.2) is 0 Å². The molecule has 0 N–H and O–H groups in total. The average Bonchev–Trinajstić information content (AvgIpc) is 3.05. The fraction of sp³-hybridized carbons (Fsp3) is 0.538. The molecule has 1 aromatic heterocycles. The van der Waals surface area contributed by atoms with Gasteiger partial charge in [-0.15, -0.1) is 0 Å². The van der Waals surface area contributed by atoms with Crippen LogP contribution in [0.1, 0.15) is 36.0 Å². The van der Waals surface area contributed by atoms with Gasteiger partial charge in [-0.2, -0.15) is 0 Å². The summed E-state index contributed by atoms with van der Waals surface area (Å²) in [6.45, 7) is -0.0111. The van der Waals surface area contributed by atoms with Crippen molar-refractivity contribution in [3.63, 3.8) is 0 Å². The van der Waals surface area contributed by atoms with Crippen molar-refractivity contribution in [2.45, 2.75) is 31.7 Å². The molecular weight excluding hydrogens is 314 g/mol. The Morgan fingerprint density at radius 1 is 1.47 bits per heavy atom. The summed E-state index contributed by atoms with van der Waals surface area (Å²) in [6, 6.07) is 1.72. The summed E-state index contributed by atoms with van der Waals surface area (Å²) < 4.78 is 10.2. The molecule has 6 heteroatoms. The molecule has 0 atom stereocenters. The largest absolute Gasteiger partial charge is 0.468 e. The molecule has 0 aromatic carbocycles. The molecule has 1 saturated carbocycles. The van der Waals surface area contributed by atoms with Crippen LogP contribution in [0.2, 0.25) is 0 Å². The number of carbonyl (C=O) groups excluding carboxylic acids is 2. The van der Waals surface area contributed by atoms with E-state index in [9.17, 15) is 9.59 Å². The maximum atomic E-state index is 12.4. The Hall–Kier alpha value is -1.30. The Morgan fingerprint density at radius 3 is 2.68 bits per heavy atom. The van der Waals surface area contributed by atoms with Crippen molar-refractivity contribution < 1.29 is 18.7 Å². The summed E-state index contributed by atoms with van der Waals surface area (Å²) in [4.78, 5) is 25.5. The standard InChI is InChI=1S/C13H16BrNO4/c1-18-12(16)7-15(10-4-2-3-5-10)13(17)9-6-11(14)19-8-9/h6,8,10H,2-5,7H2,1H3. The lowest BCUT2D eigenvalue weighted by Gasteiger charge is -2.27. The van der Waals surface area contributed by atoms with Gasteiger partial charge >= 0.3 is 5.97 Å². The lowest BCUT2D eigenvalue weighted by atomic mass is 10.1. The molecule has 0 spiro atoms. The summed E-state index contributed by atoms with van der Waals surface area (Å²) in [5, 5.41) is 0. The van der Waals surface area contributed by atoms with E-state index >= 15 is 0 Å². The van der Waals surface area contributed by atoms with Gasteiger partial charge < -0.3 is 14.1 Å². The lowest BCUT2D eigenvalue weighted by Crippen LogP contribution is -2.42. The molecule has 0 bridgehead atoms. The predicted octanol–water partition coefficient (Wildman–Crippen LogP) is 2.60. The Balaban J connectivity index is 2.15. The van der Waals surface area contributed by atoms with Crippen LogP contribution in [0.25, 0.3) is 0 Å². The molecule has 2 rings (SSSR count). The lowest BCUT2D eigenvalue weighted by molar-refractivity contribution is -0.141. The Morgan fingerprint density at radius 2 is 2.16 bits per heavy atom. The molecule has 0 radical (unpaired) electrons. The third-order valence-electron chi connectivity index (χ3n) is 3.37. The van der Waals surface area contributed by atoms with Crippen molar-refractivity contribution in [2.24, 2.45) is 0 Å². The van der Waals surface area contributed by atoms with Gasteiger partial charge in [0.2, 0.25) is 0 Å². The molecule has 5 nitrogen and oxygen atoms in total. The van der Waals surface area contributed by atoms with Crippen molar-refractivity contribution >= 4 is 27.8 Å². The number of halogens is 1. The van der Waals surface area contributed by atoms with Gasteiger partial charge in [0.1, 0.15) is 12.8 Å². The number of carbonyl (C=O) groups is 2. The van der Waals surface area contributed by atoms with Gasteiger partial charge in [-0.1, -0.05) is 12.8 Å². The van der Waals surface area contributed by atoms with Gasteiger partial charge in [0.25, 0.3) is 5.91 Å². The number of esters is 1. The van der Waals surface area contributed by atoms with Gasteiger partial charge in [-0.05, 0) is 28.8 Å². The van der Waals surface area contributed by atoms with Crippen LogP contribution in [-0.2, 0) is 9.53 Å². The van der Waals surface area contributed by atoms with Crippen LogP contribution >= 0.6 is 15.9 Å². The third-order valence-corrected chi connectivity index (χ3v) is 3.78. The minimum atomic E-state index is -0.400. The second kappa shape index (κ2) is 6.23. The van der Waals surface area contributed by atoms with Crippen molar-refractivity contribution in [3.8, 4) is 0 Å². The van der Waals surface area contributed by atoms with E-state index < -0.39 is 5.97 Å². The highest BCUT2D eigenvalue weighted by molar-refractivity contribution is 9.10. The van der Waals surface area contributed by atoms with Gasteiger partial charge in [0.05, 0.1) is 12.7 Å². The topological polar surface area (TPSA) is 59.8 Å². The number of nitrogens with zero attached hydrogens (tertiary/aromatic N) is 1. The van der Waals surface area contributed by atoms with Crippen molar-refractivity contribution in [1.82, 2.24) is 4.90 Å². The monoisotopic (exact) mass is 329 g/mol. The quantitative estimate of drug-likeness (QED) is 0.796. The van der Waals surface area contributed by atoms with Crippen LogP contribution in [0.5, 0.6) is 0 Å². The number of hydrogen-bond donors (Lipinski definition) is 0. The third kappa shape index (κ3) is 3.37. The molecule has 1 aromatic rings. The summed E-state index contributed by atoms with van der Waals surface area (Å²) in [5.74, 6) is -0.588. The molecule has 1 heterocycles. The number of amides is 1. The first-order valence-electron chi connectivity index (χ1n) is 6.23. The van der Waals surface area contributed by atoms with Crippen LogP contribution in [0.15, 0.2) is 21.4 Å². The second-order valence-electron chi connectivity index (χ2n) is 4.59. The van der Waals surface area contributed by atoms with Crippen molar-refractivity contribution in [1.29, 1.82) is 0 Å². The van der Waals surface area contributed by atoms with E-state index in [0.717, 1.165) is 25.7 Å². The molecule has 19 heavy (non-hydrogen) atoms. The SMILES string of the molecule is COC(=O)CN(C(=O)c1coc(Br)c1)C1CCCC1. The van der Waals surface area contributed by atoms with E-state index in [4.69, 9.17) is 4.42 Å². The van der Waals surface area contributed by atoms with Crippen LogP contribution < -0.4 is 0 Å². The number of hydrogen-bond acceptors (Lipinski definition) is 4. The molecule has 1 aliphatic rings. The minimum Gasteiger partial charge on any atom is -0.468 e. The zero-order chi connectivity index (χ0) is 13.8. The molecule has 1 aliphatic carbocycles. The summed E-state index contributed by atoms with van der Waals surface area (Å²) >= 11 is 3.17. The highest BCUT2D eigenvalue weighted by Gasteiger charge is 2.30. The van der Waals surface area contributed by atoms with E-state index in [0.29, 0.717) is 10.2 Å². The first-order chi connectivity index (χ1) is 9.11. The Labute approximate surface area is 120 Å². The summed E-state index contributed by atoms with van der Waals surface area (Å²) in [7, 11) is 1.33. The normalized spacial score (nSPS) is 15.5. The van der Waals surface area contributed by atoms with E-state index in [1.54, 1.807) is 11.0 Å². The molecular formula is C13H16BrNO4. The van der Waals surface area contributed by atoms with E-state index in [-0.39, 0.29) is 18.5 Å². The van der Waals surface area contributed by atoms with Gasteiger partial charge in [0, 0.05) is 12.1 Å². The highest BCUT2D eigenvalue weighted by atomic mass is 79.9. The van der Waals surface area contributed by atoms with Crippen LogP contribution in [0, 0.1) is 0 Å². The Bertz CT molecular complexity index is 465. The van der Waals surface area contributed by atoms with Crippen LogP contribution in [0.4, 0.5) is 0 Å². The zero-order valence-electron chi connectivity index (χ0n) is 10.7. The van der Waals surface area contributed by atoms with Crippen LogP contribution in [0.3, 0.4) is 0 Å². The molecule has 104 valence electrons. The average molecular weight is 330 g/mol.